The zero-order chi connectivity index (χ0) is 9.14. The van der Waals surface area contributed by atoms with E-state index in [0.29, 0.717) is 6.42 Å². The molecule has 12 heavy (non-hydrogen) atoms. The molecule has 0 unspecified atom stereocenters. The van der Waals surface area contributed by atoms with Crippen LogP contribution in [0.1, 0.15) is 27.9 Å². The van der Waals surface area contributed by atoms with Gasteiger partial charge in [0, 0.05) is 12.0 Å². The molecular formula is C11H13O. The standard InChI is InChI=1S/C11H13O/c1-4-10(12)11-8(2)6-5-7-9(11)3/h5-7H,1,4H2,2-3H3. The van der Waals surface area contributed by atoms with Crippen molar-refractivity contribution in [3.63, 3.8) is 0 Å². The van der Waals surface area contributed by atoms with Crippen molar-refractivity contribution in [3.8, 4) is 0 Å². The van der Waals surface area contributed by atoms with E-state index < -0.39 is 0 Å². The SMILES string of the molecule is [CH2]CC(=O)c1c(C)cccc1C. The minimum Gasteiger partial charge on any atom is -0.294 e. The van der Waals surface area contributed by atoms with Gasteiger partial charge in [0.15, 0.2) is 5.78 Å². The molecule has 0 saturated heterocycles. The van der Waals surface area contributed by atoms with Gasteiger partial charge in [0.25, 0.3) is 0 Å². The molecule has 0 aromatic heterocycles. The molecule has 0 aliphatic rings. The van der Waals surface area contributed by atoms with E-state index in [1.165, 1.54) is 0 Å². The molecule has 0 aliphatic heterocycles. The number of Topliss-reactive ketones (excluding diaryl/α,β-unsaturated/α-hetero) is 1. The molecule has 0 heterocycles. The third-order valence-corrected chi connectivity index (χ3v) is 1.99. The van der Waals surface area contributed by atoms with E-state index >= 15 is 0 Å². The second kappa shape index (κ2) is 3.53. The molecule has 1 rings (SSSR count). The van der Waals surface area contributed by atoms with Crippen molar-refractivity contribution in [1.82, 2.24) is 0 Å². The fourth-order valence-corrected chi connectivity index (χ4v) is 1.38. The van der Waals surface area contributed by atoms with Gasteiger partial charge in [-0.2, -0.15) is 0 Å². The Morgan fingerprint density at radius 1 is 1.33 bits per heavy atom. The molecular weight excluding hydrogens is 148 g/mol. The summed E-state index contributed by atoms with van der Waals surface area (Å²) >= 11 is 0. The van der Waals surface area contributed by atoms with Crippen LogP contribution in [0.3, 0.4) is 0 Å². The molecule has 0 fully saturated rings. The molecule has 1 aromatic carbocycles. The lowest BCUT2D eigenvalue weighted by molar-refractivity contribution is 0.0994. The summed E-state index contributed by atoms with van der Waals surface area (Å²) in [6, 6.07) is 5.87. The molecule has 0 spiro atoms. The van der Waals surface area contributed by atoms with Crippen LogP contribution in [0, 0.1) is 20.8 Å². The predicted molar refractivity (Wildman–Crippen MR) is 50.2 cm³/mol. The third kappa shape index (κ3) is 1.55. The van der Waals surface area contributed by atoms with E-state index in [4.69, 9.17) is 0 Å². The summed E-state index contributed by atoms with van der Waals surface area (Å²) in [7, 11) is 0. The van der Waals surface area contributed by atoms with E-state index in [1.54, 1.807) is 0 Å². The van der Waals surface area contributed by atoms with Gasteiger partial charge in [-0.15, -0.1) is 0 Å². The first kappa shape index (κ1) is 8.98. The van der Waals surface area contributed by atoms with Crippen molar-refractivity contribution in [3.05, 3.63) is 41.8 Å². The maximum atomic E-state index is 11.4. The highest BCUT2D eigenvalue weighted by Crippen LogP contribution is 2.14. The highest BCUT2D eigenvalue weighted by Gasteiger charge is 2.08. The lowest BCUT2D eigenvalue weighted by Crippen LogP contribution is -2.02. The van der Waals surface area contributed by atoms with Gasteiger partial charge < -0.3 is 0 Å². The van der Waals surface area contributed by atoms with Gasteiger partial charge in [-0.05, 0) is 31.9 Å². The first-order valence-electron chi connectivity index (χ1n) is 4.05. The van der Waals surface area contributed by atoms with Crippen LogP contribution in [0.2, 0.25) is 0 Å². The predicted octanol–water partition coefficient (Wildman–Crippen LogP) is 2.71. The van der Waals surface area contributed by atoms with Crippen molar-refractivity contribution in [2.45, 2.75) is 20.3 Å². The van der Waals surface area contributed by atoms with Crippen molar-refractivity contribution < 1.29 is 4.79 Å². The number of carbonyl (C=O) groups is 1. The number of benzene rings is 1. The van der Waals surface area contributed by atoms with Crippen molar-refractivity contribution in [2.75, 3.05) is 0 Å². The topological polar surface area (TPSA) is 17.1 Å². The molecule has 63 valence electrons. The van der Waals surface area contributed by atoms with Crippen LogP contribution in [-0.4, -0.2) is 5.78 Å². The fraction of sp³-hybridized carbons (Fsp3) is 0.273. The van der Waals surface area contributed by atoms with Crippen molar-refractivity contribution in [2.24, 2.45) is 0 Å². The maximum Gasteiger partial charge on any atom is 0.163 e. The molecule has 0 saturated carbocycles. The van der Waals surface area contributed by atoms with E-state index in [1.807, 2.05) is 32.0 Å². The van der Waals surface area contributed by atoms with E-state index in [0.717, 1.165) is 16.7 Å². The molecule has 1 aromatic rings. The Bertz CT molecular complexity index is 280. The summed E-state index contributed by atoms with van der Waals surface area (Å²) in [5.74, 6) is 0.130. The van der Waals surface area contributed by atoms with Crippen LogP contribution >= 0.6 is 0 Å². The minimum absolute atomic E-state index is 0.130. The smallest absolute Gasteiger partial charge is 0.163 e. The number of hydrogen-bond acceptors (Lipinski definition) is 1. The van der Waals surface area contributed by atoms with Crippen LogP contribution < -0.4 is 0 Å². The Morgan fingerprint density at radius 3 is 2.25 bits per heavy atom. The molecule has 0 amide bonds. The van der Waals surface area contributed by atoms with Crippen LogP contribution in [0.4, 0.5) is 0 Å². The monoisotopic (exact) mass is 161 g/mol. The average Bonchev–Trinajstić information content (AvgIpc) is 2.03. The van der Waals surface area contributed by atoms with Crippen LogP contribution in [0.25, 0.3) is 0 Å². The second-order valence-corrected chi connectivity index (χ2v) is 2.94. The van der Waals surface area contributed by atoms with Gasteiger partial charge in [-0.25, -0.2) is 0 Å². The van der Waals surface area contributed by atoms with Crippen LogP contribution in [0.5, 0.6) is 0 Å². The Hall–Kier alpha value is -1.11. The molecule has 0 atom stereocenters. The quantitative estimate of drug-likeness (QED) is 0.609. The zero-order valence-electron chi connectivity index (χ0n) is 7.55. The number of rotatable bonds is 2. The highest BCUT2D eigenvalue weighted by atomic mass is 16.1. The summed E-state index contributed by atoms with van der Waals surface area (Å²) < 4.78 is 0. The average molecular weight is 161 g/mol. The second-order valence-electron chi connectivity index (χ2n) is 2.94. The molecule has 1 nitrogen and oxygen atoms in total. The molecule has 0 N–H and O–H groups in total. The molecule has 0 aliphatic carbocycles. The van der Waals surface area contributed by atoms with Gasteiger partial charge in [0.2, 0.25) is 0 Å². The van der Waals surface area contributed by atoms with Crippen molar-refractivity contribution in [1.29, 1.82) is 0 Å². The summed E-state index contributed by atoms with van der Waals surface area (Å²) in [5, 5.41) is 0. The molecule has 1 heteroatoms. The Morgan fingerprint density at radius 2 is 1.83 bits per heavy atom. The van der Waals surface area contributed by atoms with Gasteiger partial charge in [0.1, 0.15) is 0 Å². The molecule has 1 radical (unpaired) electrons. The number of aryl methyl sites for hydroxylation is 2. The number of hydrogen-bond donors (Lipinski definition) is 0. The van der Waals surface area contributed by atoms with E-state index in [-0.39, 0.29) is 5.78 Å². The summed E-state index contributed by atoms with van der Waals surface area (Å²) in [6.45, 7) is 7.50. The zero-order valence-corrected chi connectivity index (χ0v) is 7.55. The fourth-order valence-electron chi connectivity index (χ4n) is 1.38. The van der Waals surface area contributed by atoms with Gasteiger partial charge >= 0.3 is 0 Å². The first-order valence-corrected chi connectivity index (χ1v) is 4.05. The molecule has 0 bridgehead atoms. The van der Waals surface area contributed by atoms with Crippen LogP contribution in [0.15, 0.2) is 18.2 Å². The first-order chi connectivity index (χ1) is 5.66. The summed E-state index contributed by atoms with van der Waals surface area (Å²) in [4.78, 5) is 11.4. The van der Waals surface area contributed by atoms with Gasteiger partial charge in [-0.1, -0.05) is 18.2 Å². The Kier molecular flexibility index (Phi) is 2.64. The van der Waals surface area contributed by atoms with E-state index in [2.05, 4.69) is 6.92 Å². The normalized spacial score (nSPS) is 9.92. The third-order valence-electron chi connectivity index (χ3n) is 1.99. The van der Waals surface area contributed by atoms with Crippen molar-refractivity contribution >= 4 is 5.78 Å². The largest absolute Gasteiger partial charge is 0.294 e. The highest BCUT2D eigenvalue weighted by molar-refractivity contribution is 5.99. The Balaban J connectivity index is 3.21. The lowest BCUT2D eigenvalue weighted by atomic mass is 9.98. The maximum absolute atomic E-state index is 11.4. The van der Waals surface area contributed by atoms with Crippen LogP contribution in [-0.2, 0) is 0 Å². The van der Waals surface area contributed by atoms with Gasteiger partial charge in [0.05, 0.1) is 0 Å². The summed E-state index contributed by atoms with van der Waals surface area (Å²) in [5.41, 5.74) is 2.93. The lowest BCUT2D eigenvalue weighted by Gasteiger charge is -2.05. The summed E-state index contributed by atoms with van der Waals surface area (Å²) in [6.07, 6.45) is 0.339. The number of carbonyl (C=O) groups excluding carboxylic acids is 1. The minimum atomic E-state index is 0.130. The Labute approximate surface area is 73.4 Å². The van der Waals surface area contributed by atoms with Gasteiger partial charge in [-0.3, -0.25) is 4.79 Å². The van der Waals surface area contributed by atoms with E-state index in [9.17, 15) is 4.79 Å². The number of ketones is 1.